The first-order valence-corrected chi connectivity index (χ1v) is 7.12. The van der Waals surface area contributed by atoms with Crippen LogP contribution in [0.5, 0.6) is 0 Å². The first-order valence-electron chi connectivity index (χ1n) is 6.74. The maximum atomic E-state index is 13.8. The first-order chi connectivity index (χ1) is 10.1. The van der Waals surface area contributed by atoms with E-state index in [1.165, 1.54) is 18.2 Å². The van der Waals surface area contributed by atoms with Crippen LogP contribution in [0.2, 0.25) is 5.02 Å². The van der Waals surface area contributed by atoms with Gasteiger partial charge in [0.25, 0.3) is 0 Å². The zero-order valence-corrected chi connectivity index (χ0v) is 12.0. The molecule has 3 aromatic carbocycles. The third-order valence-corrected chi connectivity index (χ3v) is 3.80. The van der Waals surface area contributed by atoms with Crippen molar-refractivity contribution in [2.24, 2.45) is 0 Å². The minimum Gasteiger partial charge on any atom is -0.388 e. The molecule has 0 saturated heterocycles. The van der Waals surface area contributed by atoms with E-state index in [2.05, 4.69) is 0 Å². The quantitative estimate of drug-likeness (QED) is 0.729. The number of benzene rings is 3. The fourth-order valence-electron chi connectivity index (χ4n) is 2.47. The summed E-state index contributed by atoms with van der Waals surface area (Å²) in [6, 6.07) is 18.2. The SMILES string of the molecule is OC(Cc1ccc2ccccc2c1)c1cc(Cl)ccc1F. The second-order valence-corrected chi connectivity index (χ2v) is 5.50. The van der Waals surface area contributed by atoms with Gasteiger partial charge in [-0.2, -0.15) is 0 Å². The molecule has 3 aromatic rings. The number of aliphatic hydroxyl groups excluding tert-OH is 1. The Balaban J connectivity index is 1.88. The molecule has 1 unspecified atom stereocenters. The van der Waals surface area contributed by atoms with Gasteiger partial charge in [-0.15, -0.1) is 0 Å². The highest BCUT2D eigenvalue weighted by Crippen LogP contribution is 2.25. The van der Waals surface area contributed by atoms with Gasteiger partial charge in [0.2, 0.25) is 0 Å². The smallest absolute Gasteiger partial charge is 0.129 e. The van der Waals surface area contributed by atoms with Gasteiger partial charge in [0.15, 0.2) is 0 Å². The third-order valence-electron chi connectivity index (χ3n) is 3.56. The molecule has 1 atom stereocenters. The molecule has 0 amide bonds. The lowest BCUT2D eigenvalue weighted by atomic mass is 9.99. The van der Waals surface area contributed by atoms with Crippen LogP contribution in [-0.2, 0) is 6.42 Å². The van der Waals surface area contributed by atoms with Crippen molar-refractivity contribution in [3.8, 4) is 0 Å². The molecule has 106 valence electrons. The van der Waals surface area contributed by atoms with E-state index in [1.807, 2.05) is 42.5 Å². The van der Waals surface area contributed by atoms with Gasteiger partial charge in [-0.25, -0.2) is 4.39 Å². The Bertz CT molecular complexity index is 785. The molecule has 1 nitrogen and oxygen atoms in total. The topological polar surface area (TPSA) is 20.2 Å². The van der Waals surface area contributed by atoms with Crippen molar-refractivity contribution in [2.75, 3.05) is 0 Å². The Morgan fingerprint density at radius 1 is 0.952 bits per heavy atom. The maximum absolute atomic E-state index is 13.8. The molecule has 1 N–H and O–H groups in total. The van der Waals surface area contributed by atoms with E-state index in [9.17, 15) is 9.50 Å². The molecular formula is C18H14ClFO. The zero-order valence-electron chi connectivity index (χ0n) is 11.3. The number of fused-ring (bicyclic) bond motifs is 1. The molecule has 0 aliphatic rings. The summed E-state index contributed by atoms with van der Waals surface area (Å²) in [5.74, 6) is -0.437. The van der Waals surface area contributed by atoms with Crippen LogP contribution in [0, 0.1) is 5.82 Å². The van der Waals surface area contributed by atoms with Crippen molar-refractivity contribution >= 4 is 22.4 Å². The van der Waals surface area contributed by atoms with Gasteiger partial charge in [-0.05, 0) is 34.5 Å². The van der Waals surface area contributed by atoms with Crippen LogP contribution in [0.25, 0.3) is 10.8 Å². The van der Waals surface area contributed by atoms with E-state index in [1.54, 1.807) is 0 Å². The second-order valence-electron chi connectivity index (χ2n) is 5.07. The summed E-state index contributed by atoms with van der Waals surface area (Å²) in [4.78, 5) is 0. The van der Waals surface area contributed by atoms with Crippen LogP contribution in [0.4, 0.5) is 4.39 Å². The van der Waals surface area contributed by atoms with Crippen molar-refractivity contribution in [1.29, 1.82) is 0 Å². The Morgan fingerprint density at radius 3 is 2.52 bits per heavy atom. The summed E-state index contributed by atoms with van der Waals surface area (Å²) in [6.45, 7) is 0. The van der Waals surface area contributed by atoms with Crippen molar-refractivity contribution < 1.29 is 9.50 Å². The maximum Gasteiger partial charge on any atom is 0.129 e. The summed E-state index contributed by atoms with van der Waals surface area (Å²) in [5, 5.41) is 12.9. The van der Waals surface area contributed by atoms with Gasteiger partial charge in [0.05, 0.1) is 6.10 Å². The van der Waals surface area contributed by atoms with Gasteiger partial charge < -0.3 is 5.11 Å². The summed E-state index contributed by atoms with van der Waals surface area (Å²) in [7, 11) is 0. The monoisotopic (exact) mass is 300 g/mol. The van der Waals surface area contributed by atoms with Crippen LogP contribution in [0.15, 0.2) is 60.7 Å². The molecule has 0 radical (unpaired) electrons. The Kier molecular flexibility index (Phi) is 3.91. The van der Waals surface area contributed by atoms with Crippen LogP contribution in [0.3, 0.4) is 0 Å². The molecule has 21 heavy (non-hydrogen) atoms. The highest BCUT2D eigenvalue weighted by atomic mass is 35.5. The normalized spacial score (nSPS) is 12.5. The Labute approximate surface area is 127 Å². The minimum absolute atomic E-state index is 0.232. The van der Waals surface area contributed by atoms with E-state index in [0.717, 1.165) is 16.3 Å². The largest absolute Gasteiger partial charge is 0.388 e. The summed E-state index contributed by atoms with van der Waals surface area (Å²) in [5.41, 5.74) is 1.19. The highest BCUT2D eigenvalue weighted by Gasteiger charge is 2.14. The van der Waals surface area contributed by atoms with Gasteiger partial charge in [0, 0.05) is 17.0 Å². The fourth-order valence-corrected chi connectivity index (χ4v) is 2.65. The molecule has 0 spiro atoms. The molecule has 0 aliphatic carbocycles. The minimum atomic E-state index is -0.912. The first kappa shape index (κ1) is 14.1. The van der Waals surface area contributed by atoms with E-state index in [0.29, 0.717) is 11.4 Å². The third kappa shape index (κ3) is 3.07. The lowest BCUT2D eigenvalue weighted by Crippen LogP contribution is -2.04. The predicted molar refractivity (Wildman–Crippen MR) is 84.0 cm³/mol. The lowest BCUT2D eigenvalue weighted by molar-refractivity contribution is 0.173. The Morgan fingerprint density at radius 2 is 1.71 bits per heavy atom. The predicted octanol–water partition coefficient (Wildman–Crippen LogP) is 4.91. The second kappa shape index (κ2) is 5.84. The van der Waals surface area contributed by atoms with Gasteiger partial charge >= 0.3 is 0 Å². The van der Waals surface area contributed by atoms with Gasteiger partial charge in [0.1, 0.15) is 5.82 Å². The average Bonchev–Trinajstić information content (AvgIpc) is 2.49. The summed E-state index contributed by atoms with van der Waals surface area (Å²) >= 11 is 5.86. The zero-order chi connectivity index (χ0) is 14.8. The highest BCUT2D eigenvalue weighted by molar-refractivity contribution is 6.30. The van der Waals surface area contributed by atoms with Gasteiger partial charge in [-0.3, -0.25) is 0 Å². The molecule has 0 aromatic heterocycles. The lowest BCUT2D eigenvalue weighted by Gasteiger charge is -2.13. The number of rotatable bonds is 3. The molecule has 0 saturated carbocycles. The summed E-state index contributed by atoms with van der Waals surface area (Å²) in [6.07, 6.45) is -0.563. The molecule has 3 rings (SSSR count). The van der Waals surface area contributed by atoms with Gasteiger partial charge in [-0.1, -0.05) is 54.1 Å². The van der Waals surface area contributed by atoms with E-state index < -0.39 is 11.9 Å². The molecule has 0 fully saturated rings. The van der Waals surface area contributed by atoms with Crippen molar-refractivity contribution in [3.05, 3.63) is 82.6 Å². The van der Waals surface area contributed by atoms with Crippen LogP contribution in [0.1, 0.15) is 17.2 Å². The van der Waals surface area contributed by atoms with Crippen molar-refractivity contribution in [2.45, 2.75) is 12.5 Å². The fraction of sp³-hybridized carbons (Fsp3) is 0.111. The van der Waals surface area contributed by atoms with Crippen molar-refractivity contribution in [1.82, 2.24) is 0 Å². The van der Waals surface area contributed by atoms with Crippen LogP contribution < -0.4 is 0 Å². The van der Waals surface area contributed by atoms with Crippen LogP contribution in [-0.4, -0.2) is 5.11 Å². The number of hydrogen-bond donors (Lipinski definition) is 1. The molecule has 0 bridgehead atoms. The number of aliphatic hydroxyl groups is 1. The number of halogens is 2. The Hall–Kier alpha value is -1.90. The van der Waals surface area contributed by atoms with E-state index >= 15 is 0 Å². The molecule has 0 heterocycles. The molecule has 0 aliphatic heterocycles. The average molecular weight is 301 g/mol. The van der Waals surface area contributed by atoms with Crippen molar-refractivity contribution in [3.63, 3.8) is 0 Å². The van der Waals surface area contributed by atoms with E-state index in [4.69, 9.17) is 11.6 Å². The van der Waals surface area contributed by atoms with E-state index in [-0.39, 0.29) is 5.56 Å². The molecular weight excluding hydrogens is 287 g/mol. The molecule has 3 heteroatoms. The standard InChI is InChI=1S/C18H14ClFO/c19-15-7-8-17(20)16(11-15)18(21)10-12-5-6-13-3-1-2-4-14(13)9-12/h1-9,11,18,21H,10H2. The number of hydrogen-bond acceptors (Lipinski definition) is 1. The summed E-state index contributed by atoms with van der Waals surface area (Å²) < 4.78 is 13.8. The van der Waals surface area contributed by atoms with Crippen LogP contribution >= 0.6 is 11.6 Å².